The number of nitrogens with two attached hydrogens (primary N) is 1. The van der Waals surface area contributed by atoms with Crippen LogP contribution in [-0.4, -0.2) is 40.0 Å². The molecule has 3 atom stereocenters. The van der Waals surface area contributed by atoms with Crippen molar-refractivity contribution in [2.45, 2.75) is 55.5 Å². The fourth-order valence-electron chi connectivity index (χ4n) is 3.41. The zero-order valence-corrected chi connectivity index (χ0v) is 9.76. The van der Waals surface area contributed by atoms with Crippen molar-refractivity contribution in [2.24, 2.45) is 5.73 Å². The number of fused-ring (bicyclic) bond motifs is 2. The average Bonchev–Trinajstić information content (AvgIpc) is 2.79. The summed E-state index contributed by atoms with van der Waals surface area (Å²) in [5.74, 6) is 2.07. The Bertz CT molecular complexity index is 267. The Kier molecular flexibility index (Phi) is 2.33. The molecule has 2 bridgehead atoms. The zero-order chi connectivity index (χ0) is 10.5. The smallest absolute Gasteiger partial charge is 0.0868 e. The van der Waals surface area contributed by atoms with Gasteiger partial charge in [-0.25, -0.2) is 0 Å². The predicted molar refractivity (Wildman–Crippen MR) is 60.9 cm³/mol. The fourth-order valence-corrected chi connectivity index (χ4v) is 4.58. The van der Waals surface area contributed by atoms with Crippen molar-refractivity contribution in [1.82, 2.24) is 0 Å². The number of thioether (sulfide) groups is 1. The molecular weight excluding hydrogens is 210 g/mol. The lowest BCUT2D eigenvalue weighted by Crippen LogP contribution is -2.66. The molecule has 3 heterocycles. The molecule has 0 aromatic carbocycles. The maximum Gasteiger partial charge on any atom is 0.0868 e. The van der Waals surface area contributed by atoms with Gasteiger partial charge in [-0.15, -0.1) is 0 Å². The maximum atomic E-state index is 10.7. The summed E-state index contributed by atoms with van der Waals surface area (Å²) >= 11 is 1.92. The van der Waals surface area contributed by atoms with Crippen LogP contribution >= 0.6 is 11.8 Å². The van der Waals surface area contributed by atoms with E-state index < -0.39 is 11.1 Å². The average molecular weight is 229 g/mol. The van der Waals surface area contributed by atoms with Gasteiger partial charge in [0, 0.05) is 0 Å². The van der Waals surface area contributed by atoms with Gasteiger partial charge in [0.25, 0.3) is 0 Å². The molecule has 3 aliphatic heterocycles. The molecule has 15 heavy (non-hydrogen) atoms. The van der Waals surface area contributed by atoms with E-state index in [1.807, 2.05) is 11.8 Å². The standard InChI is InChI=1S/C11H19NO2S/c12-11(7-8-1-2-9(11)14-8)10(13)3-5-15-6-4-10/h8-9,13H,1-7,12H2. The minimum absolute atomic E-state index is 0.107. The van der Waals surface area contributed by atoms with Crippen LogP contribution in [0.5, 0.6) is 0 Å². The first-order chi connectivity index (χ1) is 7.14. The zero-order valence-electron chi connectivity index (χ0n) is 8.95. The van der Waals surface area contributed by atoms with Crippen molar-refractivity contribution >= 4 is 11.8 Å². The summed E-state index contributed by atoms with van der Waals surface area (Å²) in [5, 5.41) is 10.7. The van der Waals surface area contributed by atoms with Crippen molar-refractivity contribution in [3.8, 4) is 0 Å². The molecule has 0 saturated carbocycles. The van der Waals surface area contributed by atoms with Gasteiger partial charge in [0.2, 0.25) is 0 Å². The van der Waals surface area contributed by atoms with E-state index in [4.69, 9.17) is 10.5 Å². The SMILES string of the molecule is NC1(C2(O)CCSCC2)CC2CCC1O2. The van der Waals surface area contributed by atoms with Crippen LogP contribution in [0.4, 0.5) is 0 Å². The topological polar surface area (TPSA) is 55.5 Å². The van der Waals surface area contributed by atoms with Crippen molar-refractivity contribution in [1.29, 1.82) is 0 Å². The molecule has 4 heteroatoms. The third kappa shape index (κ3) is 1.38. The van der Waals surface area contributed by atoms with E-state index in [0.29, 0.717) is 6.10 Å². The highest BCUT2D eigenvalue weighted by molar-refractivity contribution is 7.99. The second kappa shape index (κ2) is 3.36. The number of ether oxygens (including phenoxy) is 1. The van der Waals surface area contributed by atoms with Crippen LogP contribution in [0.15, 0.2) is 0 Å². The normalized spacial score (nSPS) is 48.4. The summed E-state index contributed by atoms with van der Waals surface area (Å²) in [6.45, 7) is 0. The molecular formula is C11H19NO2S. The number of rotatable bonds is 1. The molecule has 86 valence electrons. The second-order valence-electron chi connectivity index (χ2n) is 5.21. The summed E-state index contributed by atoms with van der Waals surface area (Å²) in [6.07, 6.45) is 5.12. The number of hydrogen-bond acceptors (Lipinski definition) is 4. The molecule has 3 saturated heterocycles. The highest BCUT2D eigenvalue weighted by Crippen LogP contribution is 2.49. The Hall–Kier alpha value is 0.230. The Balaban J connectivity index is 1.85. The summed E-state index contributed by atoms with van der Waals surface area (Å²) in [4.78, 5) is 0. The van der Waals surface area contributed by atoms with Crippen LogP contribution in [0.1, 0.15) is 32.1 Å². The Labute approximate surface area is 94.7 Å². The van der Waals surface area contributed by atoms with Gasteiger partial charge in [-0.05, 0) is 43.6 Å². The van der Waals surface area contributed by atoms with E-state index in [1.54, 1.807) is 0 Å². The lowest BCUT2D eigenvalue weighted by atomic mass is 9.68. The number of hydrogen-bond donors (Lipinski definition) is 2. The van der Waals surface area contributed by atoms with Crippen LogP contribution in [0.2, 0.25) is 0 Å². The molecule has 3 unspecified atom stereocenters. The van der Waals surface area contributed by atoms with Gasteiger partial charge in [-0.1, -0.05) is 0 Å². The molecule has 0 spiro atoms. The highest BCUT2D eigenvalue weighted by Gasteiger charge is 2.60. The summed E-state index contributed by atoms with van der Waals surface area (Å²) < 4.78 is 5.81. The van der Waals surface area contributed by atoms with Gasteiger partial charge in [0.15, 0.2) is 0 Å². The van der Waals surface area contributed by atoms with E-state index in [1.165, 1.54) is 0 Å². The number of aliphatic hydroxyl groups is 1. The lowest BCUT2D eigenvalue weighted by molar-refractivity contribution is -0.0696. The largest absolute Gasteiger partial charge is 0.388 e. The van der Waals surface area contributed by atoms with Gasteiger partial charge < -0.3 is 15.6 Å². The van der Waals surface area contributed by atoms with Crippen LogP contribution < -0.4 is 5.73 Å². The molecule has 0 radical (unpaired) electrons. The molecule has 3 aliphatic rings. The first-order valence-electron chi connectivity index (χ1n) is 5.89. The van der Waals surface area contributed by atoms with E-state index in [9.17, 15) is 5.11 Å². The molecule has 3 fully saturated rings. The Morgan fingerprint density at radius 1 is 1.27 bits per heavy atom. The predicted octanol–water partition coefficient (Wildman–Crippen LogP) is 0.893. The lowest BCUT2D eigenvalue weighted by Gasteiger charge is -2.47. The third-order valence-corrected chi connectivity index (χ3v) is 5.42. The molecule has 3 rings (SSSR count). The Morgan fingerprint density at radius 3 is 2.53 bits per heavy atom. The van der Waals surface area contributed by atoms with E-state index in [2.05, 4.69) is 0 Å². The summed E-state index contributed by atoms with van der Waals surface area (Å²) in [5.41, 5.74) is 5.34. The maximum absolute atomic E-state index is 10.7. The van der Waals surface area contributed by atoms with Crippen molar-refractivity contribution < 1.29 is 9.84 Å². The van der Waals surface area contributed by atoms with Gasteiger partial charge >= 0.3 is 0 Å². The van der Waals surface area contributed by atoms with Crippen molar-refractivity contribution in [3.63, 3.8) is 0 Å². The summed E-state index contributed by atoms with van der Waals surface area (Å²) in [7, 11) is 0. The summed E-state index contributed by atoms with van der Waals surface area (Å²) in [6, 6.07) is 0. The van der Waals surface area contributed by atoms with Crippen LogP contribution in [-0.2, 0) is 4.74 Å². The fraction of sp³-hybridized carbons (Fsp3) is 1.00. The van der Waals surface area contributed by atoms with Gasteiger partial charge in [-0.3, -0.25) is 0 Å². The van der Waals surface area contributed by atoms with Gasteiger partial charge in [-0.2, -0.15) is 11.8 Å². The van der Waals surface area contributed by atoms with Crippen LogP contribution in [0, 0.1) is 0 Å². The minimum atomic E-state index is -0.669. The molecule has 3 N–H and O–H groups in total. The van der Waals surface area contributed by atoms with Gasteiger partial charge in [0.1, 0.15) is 0 Å². The van der Waals surface area contributed by atoms with Gasteiger partial charge in [0.05, 0.1) is 23.3 Å². The van der Waals surface area contributed by atoms with E-state index >= 15 is 0 Å². The minimum Gasteiger partial charge on any atom is -0.388 e. The molecule has 3 nitrogen and oxygen atoms in total. The van der Waals surface area contributed by atoms with Crippen molar-refractivity contribution in [2.75, 3.05) is 11.5 Å². The van der Waals surface area contributed by atoms with E-state index in [-0.39, 0.29) is 6.10 Å². The van der Waals surface area contributed by atoms with Crippen LogP contribution in [0.3, 0.4) is 0 Å². The Morgan fingerprint density at radius 2 is 2.00 bits per heavy atom. The second-order valence-corrected chi connectivity index (χ2v) is 6.44. The first kappa shape index (κ1) is 10.4. The molecule has 0 aromatic rings. The monoisotopic (exact) mass is 229 g/mol. The highest BCUT2D eigenvalue weighted by atomic mass is 32.2. The molecule has 0 aromatic heterocycles. The van der Waals surface area contributed by atoms with Crippen molar-refractivity contribution in [3.05, 3.63) is 0 Å². The molecule has 0 amide bonds. The quantitative estimate of drug-likeness (QED) is 0.701. The third-order valence-electron chi connectivity index (χ3n) is 4.43. The van der Waals surface area contributed by atoms with E-state index in [0.717, 1.165) is 43.6 Å². The first-order valence-corrected chi connectivity index (χ1v) is 7.04. The molecule has 0 aliphatic carbocycles. The van der Waals surface area contributed by atoms with Crippen LogP contribution in [0.25, 0.3) is 0 Å².